The number of benzene rings is 2. The van der Waals surface area contributed by atoms with Crippen molar-refractivity contribution in [3.8, 4) is 0 Å². The lowest BCUT2D eigenvalue weighted by molar-refractivity contribution is 0.262. The Balaban J connectivity index is 1.79. The second-order valence-corrected chi connectivity index (χ2v) is 4.90. The van der Waals surface area contributed by atoms with E-state index in [2.05, 4.69) is 15.6 Å². The number of carbonyl (C=O) groups is 1. The number of nitrogens with one attached hydrogen (secondary N) is 2. The van der Waals surface area contributed by atoms with Crippen LogP contribution in [0.5, 0.6) is 0 Å². The van der Waals surface area contributed by atoms with Crippen molar-refractivity contribution in [2.75, 3.05) is 10.6 Å². The second kappa shape index (κ2) is 5.81. The van der Waals surface area contributed by atoms with Gasteiger partial charge in [0.2, 0.25) is 0 Å². The summed E-state index contributed by atoms with van der Waals surface area (Å²) in [6.07, 6.45) is 1.72. The molecule has 1 aromatic heterocycles. The van der Waals surface area contributed by atoms with Crippen LogP contribution in [0.1, 0.15) is 0 Å². The molecule has 0 saturated heterocycles. The quantitative estimate of drug-likeness (QED) is 0.730. The number of nitrogens with zero attached hydrogens (tertiary/aromatic N) is 1. The highest BCUT2D eigenvalue weighted by atomic mass is 35.5. The van der Waals surface area contributed by atoms with Crippen molar-refractivity contribution in [1.82, 2.24) is 4.98 Å². The van der Waals surface area contributed by atoms with E-state index >= 15 is 0 Å². The summed E-state index contributed by atoms with van der Waals surface area (Å²) >= 11 is 5.81. The van der Waals surface area contributed by atoms with Crippen LogP contribution in [0.3, 0.4) is 0 Å². The Morgan fingerprint density at radius 1 is 0.952 bits per heavy atom. The number of aromatic nitrogens is 1. The molecule has 0 aliphatic rings. The molecule has 0 atom stereocenters. The molecule has 0 aliphatic carbocycles. The van der Waals surface area contributed by atoms with Gasteiger partial charge in [-0.05, 0) is 48.5 Å². The summed E-state index contributed by atoms with van der Waals surface area (Å²) < 4.78 is 0. The standard InChI is InChI=1S/C16H12ClN3O/c17-11-6-8-12(9-7-11)19-16(21)20-15-5-1-4-14-13(15)3-2-10-18-14/h1-10H,(H2,19,20,21). The van der Waals surface area contributed by atoms with E-state index in [4.69, 9.17) is 11.6 Å². The first-order valence-electron chi connectivity index (χ1n) is 6.40. The minimum absolute atomic E-state index is 0.311. The zero-order chi connectivity index (χ0) is 14.7. The number of amides is 2. The van der Waals surface area contributed by atoms with Gasteiger partial charge in [0, 0.05) is 22.3 Å². The molecular formula is C16H12ClN3O. The van der Waals surface area contributed by atoms with Crippen molar-refractivity contribution in [1.29, 1.82) is 0 Å². The molecule has 21 heavy (non-hydrogen) atoms. The normalized spacial score (nSPS) is 10.3. The number of pyridine rings is 1. The lowest BCUT2D eigenvalue weighted by Crippen LogP contribution is -2.19. The van der Waals surface area contributed by atoms with Gasteiger partial charge in [0.1, 0.15) is 0 Å². The number of hydrogen-bond acceptors (Lipinski definition) is 2. The first-order valence-corrected chi connectivity index (χ1v) is 6.77. The zero-order valence-electron chi connectivity index (χ0n) is 11.0. The van der Waals surface area contributed by atoms with Crippen molar-refractivity contribution in [3.63, 3.8) is 0 Å². The van der Waals surface area contributed by atoms with E-state index in [9.17, 15) is 4.79 Å². The number of hydrogen-bond donors (Lipinski definition) is 2. The predicted octanol–water partition coefficient (Wildman–Crippen LogP) is 4.53. The molecule has 5 heteroatoms. The van der Waals surface area contributed by atoms with E-state index in [0.717, 1.165) is 10.9 Å². The minimum Gasteiger partial charge on any atom is -0.308 e. The minimum atomic E-state index is -0.311. The predicted molar refractivity (Wildman–Crippen MR) is 85.8 cm³/mol. The number of halogens is 1. The smallest absolute Gasteiger partial charge is 0.308 e. The highest BCUT2D eigenvalue weighted by Gasteiger charge is 2.06. The molecule has 2 aromatic carbocycles. The van der Waals surface area contributed by atoms with Gasteiger partial charge in [-0.2, -0.15) is 0 Å². The topological polar surface area (TPSA) is 54.0 Å². The van der Waals surface area contributed by atoms with Gasteiger partial charge in [-0.25, -0.2) is 4.79 Å². The van der Waals surface area contributed by atoms with Crippen LogP contribution in [-0.4, -0.2) is 11.0 Å². The molecule has 0 radical (unpaired) electrons. The van der Waals surface area contributed by atoms with Crippen LogP contribution < -0.4 is 10.6 Å². The zero-order valence-corrected chi connectivity index (χ0v) is 11.8. The Hall–Kier alpha value is -2.59. The van der Waals surface area contributed by atoms with Crippen LogP contribution in [0.4, 0.5) is 16.2 Å². The van der Waals surface area contributed by atoms with Crippen molar-refractivity contribution in [3.05, 3.63) is 65.8 Å². The van der Waals surface area contributed by atoms with Gasteiger partial charge < -0.3 is 10.6 Å². The summed E-state index contributed by atoms with van der Waals surface area (Å²) in [5, 5.41) is 7.10. The van der Waals surface area contributed by atoms with Gasteiger partial charge in [-0.3, -0.25) is 4.98 Å². The van der Waals surface area contributed by atoms with E-state index < -0.39 is 0 Å². The molecule has 2 amide bonds. The lowest BCUT2D eigenvalue weighted by atomic mass is 10.2. The molecule has 0 saturated carbocycles. The van der Waals surface area contributed by atoms with Gasteiger partial charge in [0.05, 0.1) is 11.2 Å². The fourth-order valence-electron chi connectivity index (χ4n) is 2.03. The van der Waals surface area contributed by atoms with Crippen LogP contribution in [0.2, 0.25) is 5.02 Å². The summed E-state index contributed by atoms with van der Waals surface area (Å²) in [7, 11) is 0. The van der Waals surface area contributed by atoms with E-state index in [0.29, 0.717) is 16.4 Å². The molecule has 0 unspecified atom stereocenters. The van der Waals surface area contributed by atoms with E-state index in [1.807, 2.05) is 30.3 Å². The highest BCUT2D eigenvalue weighted by molar-refractivity contribution is 6.30. The van der Waals surface area contributed by atoms with Crippen molar-refractivity contribution >= 4 is 39.9 Å². The Kier molecular flexibility index (Phi) is 3.71. The fraction of sp³-hybridized carbons (Fsp3) is 0. The lowest BCUT2D eigenvalue weighted by Gasteiger charge is -2.09. The number of carbonyl (C=O) groups excluding carboxylic acids is 1. The van der Waals surface area contributed by atoms with Crippen LogP contribution in [0.25, 0.3) is 10.9 Å². The number of anilines is 2. The Morgan fingerprint density at radius 2 is 1.76 bits per heavy atom. The monoisotopic (exact) mass is 297 g/mol. The molecule has 0 aliphatic heterocycles. The van der Waals surface area contributed by atoms with Crippen LogP contribution in [-0.2, 0) is 0 Å². The van der Waals surface area contributed by atoms with Gasteiger partial charge in [-0.15, -0.1) is 0 Å². The second-order valence-electron chi connectivity index (χ2n) is 4.46. The molecule has 104 valence electrons. The largest absolute Gasteiger partial charge is 0.323 e. The molecule has 0 spiro atoms. The van der Waals surface area contributed by atoms with Gasteiger partial charge in [0.25, 0.3) is 0 Å². The number of urea groups is 1. The first kappa shape index (κ1) is 13.4. The third-order valence-corrected chi connectivity index (χ3v) is 3.25. The van der Waals surface area contributed by atoms with Crippen LogP contribution >= 0.6 is 11.6 Å². The summed E-state index contributed by atoms with van der Waals surface area (Å²) in [5.74, 6) is 0. The van der Waals surface area contributed by atoms with Crippen LogP contribution in [0, 0.1) is 0 Å². The molecule has 4 nitrogen and oxygen atoms in total. The first-order chi connectivity index (χ1) is 10.2. The molecular weight excluding hydrogens is 286 g/mol. The average molecular weight is 298 g/mol. The fourth-order valence-corrected chi connectivity index (χ4v) is 2.16. The molecule has 0 bridgehead atoms. The average Bonchev–Trinajstić information content (AvgIpc) is 2.50. The van der Waals surface area contributed by atoms with Gasteiger partial charge >= 0.3 is 6.03 Å². The molecule has 3 rings (SSSR count). The Labute approximate surface area is 126 Å². The third-order valence-electron chi connectivity index (χ3n) is 3.00. The molecule has 3 aromatic rings. The van der Waals surface area contributed by atoms with Crippen molar-refractivity contribution < 1.29 is 4.79 Å². The third kappa shape index (κ3) is 3.12. The SMILES string of the molecule is O=C(Nc1ccc(Cl)cc1)Nc1cccc2ncccc12. The van der Waals surface area contributed by atoms with E-state index in [-0.39, 0.29) is 6.03 Å². The van der Waals surface area contributed by atoms with Crippen molar-refractivity contribution in [2.24, 2.45) is 0 Å². The highest BCUT2D eigenvalue weighted by Crippen LogP contribution is 2.21. The maximum atomic E-state index is 12.0. The maximum absolute atomic E-state index is 12.0. The van der Waals surface area contributed by atoms with E-state index in [1.165, 1.54) is 0 Å². The molecule has 0 fully saturated rings. The number of fused-ring (bicyclic) bond motifs is 1. The Morgan fingerprint density at radius 3 is 2.57 bits per heavy atom. The summed E-state index contributed by atoms with van der Waals surface area (Å²) in [5.41, 5.74) is 2.23. The summed E-state index contributed by atoms with van der Waals surface area (Å²) in [6, 6.07) is 16.0. The van der Waals surface area contributed by atoms with Crippen LogP contribution in [0.15, 0.2) is 60.8 Å². The molecule has 2 N–H and O–H groups in total. The molecule has 1 heterocycles. The summed E-state index contributed by atoms with van der Waals surface area (Å²) in [6.45, 7) is 0. The van der Waals surface area contributed by atoms with E-state index in [1.54, 1.807) is 30.5 Å². The summed E-state index contributed by atoms with van der Waals surface area (Å²) in [4.78, 5) is 16.3. The van der Waals surface area contributed by atoms with Gasteiger partial charge in [0.15, 0.2) is 0 Å². The van der Waals surface area contributed by atoms with Gasteiger partial charge in [-0.1, -0.05) is 17.7 Å². The maximum Gasteiger partial charge on any atom is 0.323 e. The Bertz CT molecular complexity index is 782. The number of rotatable bonds is 2. The van der Waals surface area contributed by atoms with Crippen molar-refractivity contribution in [2.45, 2.75) is 0 Å².